The molecule has 0 aromatic heterocycles. The maximum Gasteiger partial charge on any atom is 0.185 e. The van der Waals surface area contributed by atoms with Crippen molar-refractivity contribution < 1.29 is 4.79 Å². The first-order chi connectivity index (χ1) is 8.00. The lowest BCUT2D eigenvalue weighted by molar-refractivity contribution is -0.109. The topological polar surface area (TPSA) is 43.1 Å². The number of hydrogen-bond donors (Lipinski definition) is 1. The standard InChI is InChI=1S/C12H11Cl2NOS/c1-8(16)17-5-3-2-4-10-11(13)6-9(15)7-12(10)14/h6-7H,3,5,15H2,1H3. The van der Waals surface area contributed by atoms with Crippen LogP contribution in [0.15, 0.2) is 12.1 Å². The largest absolute Gasteiger partial charge is 0.399 e. The van der Waals surface area contributed by atoms with Gasteiger partial charge in [0.25, 0.3) is 0 Å². The summed E-state index contributed by atoms with van der Waals surface area (Å²) >= 11 is 13.2. The fraction of sp³-hybridized carbons (Fsp3) is 0.250. The van der Waals surface area contributed by atoms with E-state index in [1.165, 1.54) is 18.7 Å². The van der Waals surface area contributed by atoms with Gasteiger partial charge in [0, 0.05) is 24.8 Å². The second-order valence-corrected chi connectivity index (χ2v) is 5.34. The van der Waals surface area contributed by atoms with Gasteiger partial charge in [-0.05, 0) is 12.1 Å². The summed E-state index contributed by atoms with van der Waals surface area (Å²) < 4.78 is 0. The van der Waals surface area contributed by atoms with Crippen LogP contribution in [0.3, 0.4) is 0 Å². The average molecular weight is 288 g/mol. The molecule has 17 heavy (non-hydrogen) atoms. The number of halogens is 2. The first-order valence-corrected chi connectivity index (χ1v) is 6.61. The number of benzene rings is 1. The van der Waals surface area contributed by atoms with E-state index >= 15 is 0 Å². The predicted octanol–water partition coefficient (Wildman–Crippen LogP) is 3.60. The molecule has 2 N–H and O–H groups in total. The fourth-order valence-corrected chi connectivity index (χ4v) is 2.20. The van der Waals surface area contributed by atoms with Gasteiger partial charge < -0.3 is 5.73 Å². The van der Waals surface area contributed by atoms with E-state index in [9.17, 15) is 4.79 Å². The lowest BCUT2D eigenvalue weighted by Crippen LogP contribution is -1.88. The number of thioether (sulfide) groups is 1. The van der Waals surface area contributed by atoms with Crippen molar-refractivity contribution in [2.45, 2.75) is 13.3 Å². The van der Waals surface area contributed by atoms with Gasteiger partial charge in [-0.1, -0.05) is 46.8 Å². The third kappa shape index (κ3) is 4.91. The normalized spacial score (nSPS) is 9.59. The summed E-state index contributed by atoms with van der Waals surface area (Å²) in [5.41, 5.74) is 6.67. The van der Waals surface area contributed by atoms with Gasteiger partial charge in [-0.3, -0.25) is 4.79 Å². The van der Waals surface area contributed by atoms with E-state index in [0.29, 0.717) is 33.5 Å². The zero-order valence-electron chi connectivity index (χ0n) is 9.22. The van der Waals surface area contributed by atoms with Crippen LogP contribution in [0.5, 0.6) is 0 Å². The molecule has 1 aromatic rings. The van der Waals surface area contributed by atoms with Crippen LogP contribution in [0, 0.1) is 11.8 Å². The lowest BCUT2D eigenvalue weighted by atomic mass is 10.2. The molecule has 0 radical (unpaired) electrons. The molecule has 0 spiro atoms. The molecule has 0 bridgehead atoms. The SMILES string of the molecule is CC(=O)SCCC#Cc1c(Cl)cc(N)cc1Cl. The summed E-state index contributed by atoms with van der Waals surface area (Å²) in [7, 11) is 0. The highest BCUT2D eigenvalue weighted by atomic mass is 35.5. The highest BCUT2D eigenvalue weighted by Crippen LogP contribution is 2.26. The van der Waals surface area contributed by atoms with Gasteiger partial charge in [-0.2, -0.15) is 0 Å². The van der Waals surface area contributed by atoms with Crippen molar-refractivity contribution >= 4 is 45.8 Å². The quantitative estimate of drug-likeness (QED) is 0.513. The molecule has 0 heterocycles. The minimum Gasteiger partial charge on any atom is -0.399 e. The van der Waals surface area contributed by atoms with Gasteiger partial charge in [-0.25, -0.2) is 0 Å². The minimum absolute atomic E-state index is 0.0929. The van der Waals surface area contributed by atoms with E-state index < -0.39 is 0 Å². The molecule has 5 heteroatoms. The number of rotatable bonds is 2. The zero-order valence-corrected chi connectivity index (χ0v) is 11.5. The van der Waals surface area contributed by atoms with Gasteiger partial charge in [-0.15, -0.1) is 0 Å². The van der Waals surface area contributed by atoms with Crippen LogP contribution in [-0.4, -0.2) is 10.9 Å². The molecular weight excluding hydrogens is 277 g/mol. The van der Waals surface area contributed by atoms with Crippen LogP contribution in [0.1, 0.15) is 18.9 Å². The smallest absolute Gasteiger partial charge is 0.185 e. The number of carbonyl (C=O) groups excluding carboxylic acids is 1. The molecule has 1 aromatic carbocycles. The monoisotopic (exact) mass is 287 g/mol. The third-order valence-corrected chi connectivity index (χ3v) is 3.22. The highest BCUT2D eigenvalue weighted by molar-refractivity contribution is 8.13. The van der Waals surface area contributed by atoms with Crippen LogP contribution in [0.25, 0.3) is 0 Å². The van der Waals surface area contributed by atoms with E-state index in [0.717, 1.165) is 0 Å². The zero-order chi connectivity index (χ0) is 12.8. The first kappa shape index (κ1) is 14.2. The van der Waals surface area contributed by atoms with Crippen molar-refractivity contribution in [3.05, 3.63) is 27.7 Å². The summed E-state index contributed by atoms with van der Waals surface area (Å²) in [5, 5.41) is 0.985. The van der Waals surface area contributed by atoms with Crippen molar-refractivity contribution in [2.24, 2.45) is 0 Å². The Hall–Kier alpha value is -0.820. The molecule has 0 saturated heterocycles. The van der Waals surface area contributed by atoms with E-state index in [-0.39, 0.29) is 5.12 Å². The number of nitrogens with two attached hydrogens (primary N) is 1. The van der Waals surface area contributed by atoms with Crippen LogP contribution in [0.2, 0.25) is 10.0 Å². The highest BCUT2D eigenvalue weighted by Gasteiger charge is 2.04. The molecule has 1 rings (SSSR count). The van der Waals surface area contributed by atoms with Gasteiger partial charge in [0.1, 0.15) is 0 Å². The van der Waals surface area contributed by atoms with Crippen molar-refractivity contribution in [1.82, 2.24) is 0 Å². The maximum atomic E-state index is 10.7. The number of carbonyl (C=O) groups is 1. The van der Waals surface area contributed by atoms with Gasteiger partial charge in [0.15, 0.2) is 5.12 Å². The van der Waals surface area contributed by atoms with Gasteiger partial charge in [0.05, 0.1) is 15.6 Å². The van der Waals surface area contributed by atoms with E-state index in [2.05, 4.69) is 11.8 Å². The van der Waals surface area contributed by atoms with Crippen molar-refractivity contribution in [2.75, 3.05) is 11.5 Å². The van der Waals surface area contributed by atoms with Crippen LogP contribution < -0.4 is 5.73 Å². The van der Waals surface area contributed by atoms with Crippen LogP contribution >= 0.6 is 35.0 Å². The Labute approximate surface area is 115 Å². The molecule has 0 unspecified atom stereocenters. The molecule has 0 fully saturated rings. The average Bonchev–Trinajstić information content (AvgIpc) is 2.20. The van der Waals surface area contributed by atoms with Gasteiger partial charge in [0.2, 0.25) is 0 Å². The molecule has 0 atom stereocenters. The Morgan fingerprint density at radius 3 is 2.53 bits per heavy atom. The summed E-state index contributed by atoms with van der Waals surface area (Å²) in [6, 6.07) is 3.23. The molecule has 0 saturated carbocycles. The fourth-order valence-electron chi connectivity index (χ4n) is 1.11. The van der Waals surface area contributed by atoms with Crippen molar-refractivity contribution in [3.8, 4) is 11.8 Å². The number of hydrogen-bond acceptors (Lipinski definition) is 3. The van der Waals surface area contributed by atoms with Gasteiger partial charge >= 0.3 is 0 Å². The van der Waals surface area contributed by atoms with E-state index in [1.54, 1.807) is 12.1 Å². The van der Waals surface area contributed by atoms with Crippen molar-refractivity contribution in [1.29, 1.82) is 0 Å². The number of anilines is 1. The number of nitrogen functional groups attached to an aromatic ring is 1. The molecule has 0 aliphatic carbocycles. The summed E-state index contributed by atoms with van der Waals surface area (Å²) in [5.74, 6) is 6.49. The molecule has 0 aliphatic rings. The Balaban J connectivity index is 2.69. The van der Waals surface area contributed by atoms with Crippen LogP contribution in [-0.2, 0) is 4.79 Å². The third-order valence-electron chi connectivity index (χ3n) is 1.81. The second-order valence-electron chi connectivity index (χ2n) is 3.25. The molecule has 0 amide bonds. The Bertz CT molecular complexity index is 468. The summed E-state index contributed by atoms with van der Waals surface area (Å²) in [6.45, 7) is 1.53. The second kappa shape index (κ2) is 6.80. The summed E-state index contributed by atoms with van der Waals surface area (Å²) in [4.78, 5) is 10.7. The Morgan fingerprint density at radius 1 is 1.41 bits per heavy atom. The first-order valence-electron chi connectivity index (χ1n) is 4.87. The molecular formula is C12H11Cl2NOS. The van der Waals surface area contributed by atoms with E-state index in [4.69, 9.17) is 28.9 Å². The lowest BCUT2D eigenvalue weighted by Gasteiger charge is -2.01. The Morgan fingerprint density at radius 2 is 2.00 bits per heavy atom. The van der Waals surface area contributed by atoms with Crippen molar-refractivity contribution in [3.63, 3.8) is 0 Å². The molecule has 0 aliphatic heterocycles. The summed E-state index contributed by atoms with van der Waals surface area (Å²) in [6.07, 6.45) is 0.612. The maximum absolute atomic E-state index is 10.7. The molecule has 2 nitrogen and oxygen atoms in total. The van der Waals surface area contributed by atoms with Crippen LogP contribution in [0.4, 0.5) is 5.69 Å². The van der Waals surface area contributed by atoms with E-state index in [1.807, 2.05) is 0 Å². The predicted molar refractivity (Wildman–Crippen MR) is 75.5 cm³/mol. The minimum atomic E-state index is 0.0929. The molecule has 90 valence electrons. The Kier molecular flexibility index (Phi) is 5.70.